The van der Waals surface area contributed by atoms with E-state index in [0.717, 1.165) is 17.0 Å². The van der Waals surface area contributed by atoms with Crippen LogP contribution in [0.2, 0.25) is 5.02 Å². The molecule has 1 unspecified atom stereocenters. The van der Waals surface area contributed by atoms with E-state index in [2.05, 4.69) is 56.4 Å². The average Bonchev–Trinajstić information content (AvgIpc) is 2.44. The van der Waals surface area contributed by atoms with Crippen molar-refractivity contribution in [3.05, 3.63) is 58.1 Å². The molecule has 0 heterocycles. The molecule has 2 heteroatoms. The Labute approximate surface area is 127 Å². The molecule has 106 valence electrons. The molecule has 0 saturated heterocycles. The summed E-state index contributed by atoms with van der Waals surface area (Å²) in [6, 6.07) is 13.3. The Balaban J connectivity index is 2.48. The lowest BCUT2D eigenvalue weighted by Crippen LogP contribution is -2.15. The van der Waals surface area contributed by atoms with Gasteiger partial charge in [0.1, 0.15) is 0 Å². The summed E-state index contributed by atoms with van der Waals surface area (Å²) in [7, 11) is 2.00. The minimum atomic E-state index is 0.389. The van der Waals surface area contributed by atoms with Gasteiger partial charge >= 0.3 is 0 Å². The summed E-state index contributed by atoms with van der Waals surface area (Å²) in [5.41, 5.74) is 6.11. The van der Waals surface area contributed by atoms with Gasteiger partial charge in [0.05, 0.1) is 0 Å². The van der Waals surface area contributed by atoms with Gasteiger partial charge < -0.3 is 5.32 Å². The second-order valence-corrected chi connectivity index (χ2v) is 5.70. The van der Waals surface area contributed by atoms with Crippen LogP contribution in [0, 0.1) is 13.8 Å². The SMILES string of the molecule is CCC(NC)c1cccc(-c2cc(C)c(C)cc2Cl)c1. The highest BCUT2D eigenvalue weighted by Gasteiger charge is 2.10. The Hall–Kier alpha value is -1.31. The summed E-state index contributed by atoms with van der Waals surface area (Å²) in [5, 5.41) is 4.17. The molecule has 0 aliphatic rings. The third-order valence-corrected chi connectivity index (χ3v) is 4.25. The van der Waals surface area contributed by atoms with Gasteiger partial charge in [-0.25, -0.2) is 0 Å². The molecule has 0 amide bonds. The Morgan fingerprint density at radius 2 is 1.80 bits per heavy atom. The van der Waals surface area contributed by atoms with Gasteiger partial charge in [0, 0.05) is 16.6 Å². The lowest BCUT2D eigenvalue weighted by Gasteiger charge is -2.16. The van der Waals surface area contributed by atoms with Gasteiger partial charge in [-0.05, 0) is 67.8 Å². The van der Waals surface area contributed by atoms with E-state index in [-0.39, 0.29) is 0 Å². The highest BCUT2D eigenvalue weighted by Crippen LogP contribution is 2.32. The van der Waals surface area contributed by atoms with E-state index in [9.17, 15) is 0 Å². The number of halogens is 1. The van der Waals surface area contributed by atoms with E-state index in [1.807, 2.05) is 13.1 Å². The van der Waals surface area contributed by atoms with E-state index >= 15 is 0 Å². The molecule has 0 aromatic heterocycles. The minimum Gasteiger partial charge on any atom is -0.313 e. The van der Waals surface area contributed by atoms with E-state index in [4.69, 9.17) is 11.6 Å². The fraction of sp³-hybridized carbons (Fsp3) is 0.333. The van der Waals surface area contributed by atoms with Crippen molar-refractivity contribution in [2.75, 3.05) is 7.05 Å². The maximum Gasteiger partial charge on any atom is 0.0487 e. The molecule has 1 N–H and O–H groups in total. The number of rotatable bonds is 4. The van der Waals surface area contributed by atoms with Crippen LogP contribution in [-0.2, 0) is 0 Å². The molecule has 0 bridgehead atoms. The molecule has 2 rings (SSSR count). The predicted octanol–water partition coefficient (Wildman–Crippen LogP) is 5.29. The zero-order valence-corrected chi connectivity index (χ0v) is 13.4. The summed E-state index contributed by atoms with van der Waals surface area (Å²) in [6.07, 6.45) is 1.07. The van der Waals surface area contributed by atoms with Gasteiger partial charge in [0.25, 0.3) is 0 Å². The molecule has 0 aliphatic heterocycles. The first-order valence-corrected chi connectivity index (χ1v) is 7.49. The van der Waals surface area contributed by atoms with Crippen molar-refractivity contribution in [3.8, 4) is 11.1 Å². The van der Waals surface area contributed by atoms with Gasteiger partial charge in [0.2, 0.25) is 0 Å². The largest absolute Gasteiger partial charge is 0.313 e. The van der Waals surface area contributed by atoms with Gasteiger partial charge in [-0.1, -0.05) is 36.7 Å². The van der Waals surface area contributed by atoms with E-state index in [1.54, 1.807) is 0 Å². The van der Waals surface area contributed by atoms with Crippen molar-refractivity contribution in [2.24, 2.45) is 0 Å². The summed E-state index contributed by atoms with van der Waals surface area (Å²) in [5.74, 6) is 0. The summed E-state index contributed by atoms with van der Waals surface area (Å²) < 4.78 is 0. The Morgan fingerprint density at radius 1 is 1.10 bits per heavy atom. The van der Waals surface area contributed by atoms with Crippen LogP contribution in [0.15, 0.2) is 36.4 Å². The van der Waals surface area contributed by atoms with Gasteiger partial charge in [-0.15, -0.1) is 0 Å². The lowest BCUT2D eigenvalue weighted by molar-refractivity contribution is 0.577. The Bertz CT molecular complexity index is 600. The molecule has 0 radical (unpaired) electrons. The Morgan fingerprint density at radius 3 is 2.45 bits per heavy atom. The van der Waals surface area contributed by atoms with Crippen molar-refractivity contribution in [1.29, 1.82) is 0 Å². The van der Waals surface area contributed by atoms with E-state index in [0.29, 0.717) is 6.04 Å². The maximum atomic E-state index is 6.42. The van der Waals surface area contributed by atoms with Crippen LogP contribution >= 0.6 is 11.6 Å². The van der Waals surface area contributed by atoms with Crippen LogP contribution in [0.5, 0.6) is 0 Å². The van der Waals surface area contributed by atoms with Crippen LogP contribution in [0.4, 0.5) is 0 Å². The van der Waals surface area contributed by atoms with E-state index in [1.165, 1.54) is 22.3 Å². The smallest absolute Gasteiger partial charge is 0.0487 e. The molecule has 1 nitrogen and oxygen atoms in total. The monoisotopic (exact) mass is 287 g/mol. The topological polar surface area (TPSA) is 12.0 Å². The van der Waals surface area contributed by atoms with Crippen LogP contribution < -0.4 is 5.32 Å². The highest BCUT2D eigenvalue weighted by molar-refractivity contribution is 6.33. The van der Waals surface area contributed by atoms with Gasteiger partial charge in [-0.2, -0.15) is 0 Å². The highest BCUT2D eigenvalue weighted by atomic mass is 35.5. The molecule has 0 saturated carbocycles. The van der Waals surface area contributed by atoms with Gasteiger partial charge in [-0.3, -0.25) is 0 Å². The van der Waals surface area contributed by atoms with Crippen LogP contribution in [-0.4, -0.2) is 7.05 Å². The molecule has 0 aliphatic carbocycles. The number of hydrogen-bond acceptors (Lipinski definition) is 1. The second kappa shape index (κ2) is 6.43. The first kappa shape index (κ1) is 15.1. The standard InChI is InChI=1S/C18H22ClN/c1-5-18(20-4)15-8-6-7-14(11-15)16-9-12(2)13(3)10-17(16)19/h6-11,18,20H,5H2,1-4H3. The molecule has 20 heavy (non-hydrogen) atoms. The molecular formula is C18H22ClN. The molecule has 1 atom stereocenters. The first-order valence-electron chi connectivity index (χ1n) is 7.11. The first-order chi connectivity index (χ1) is 9.56. The fourth-order valence-corrected chi connectivity index (χ4v) is 2.86. The number of hydrogen-bond donors (Lipinski definition) is 1. The molecule has 2 aromatic carbocycles. The molecular weight excluding hydrogens is 266 g/mol. The van der Waals surface area contributed by atoms with Gasteiger partial charge in [0.15, 0.2) is 0 Å². The predicted molar refractivity (Wildman–Crippen MR) is 88.5 cm³/mol. The zero-order valence-electron chi connectivity index (χ0n) is 12.6. The Kier molecular flexibility index (Phi) is 4.85. The molecule has 2 aromatic rings. The normalized spacial score (nSPS) is 12.4. The van der Waals surface area contributed by atoms with Crippen LogP contribution in [0.3, 0.4) is 0 Å². The fourth-order valence-electron chi connectivity index (χ4n) is 2.53. The summed E-state index contributed by atoms with van der Waals surface area (Å²) >= 11 is 6.42. The summed E-state index contributed by atoms with van der Waals surface area (Å²) in [4.78, 5) is 0. The average molecular weight is 288 g/mol. The third-order valence-electron chi connectivity index (χ3n) is 3.94. The van der Waals surface area contributed by atoms with E-state index < -0.39 is 0 Å². The summed E-state index contributed by atoms with van der Waals surface area (Å²) in [6.45, 7) is 6.41. The zero-order chi connectivity index (χ0) is 14.7. The van der Waals surface area contributed by atoms with Crippen molar-refractivity contribution in [2.45, 2.75) is 33.2 Å². The van der Waals surface area contributed by atoms with Crippen molar-refractivity contribution in [3.63, 3.8) is 0 Å². The maximum absolute atomic E-state index is 6.42. The van der Waals surface area contributed by atoms with Crippen molar-refractivity contribution in [1.82, 2.24) is 5.32 Å². The van der Waals surface area contributed by atoms with Crippen LogP contribution in [0.25, 0.3) is 11.1 Å². The van der Waals surface area contributed by atoms with Crippen molar-refractivity contribution < 1.29 is 0 Å². The number of nitrogens with one attached hydrogen (secondary N) is 1. The second-order valence-electron chi connectivity index (χ2n) is 5.29. The molecule has 0 fully saturated rings. The number of benzene rings is 2. The van der Waals surface area contributed by atoms with Crippen LogP contribution in [0.1, 0.15) is 36.1 Å². The van der Waals surface area contributed by atoms with Crippen molar-refractivity contribution >= 4 is 11.6 Å². The quantitative estimate of drug-likeness (QED) is 0.805. The lowest BCUT2D eigenvalue weighted by atomic mass is 9.96. The minimum absolute atomic E-state index is 0.389. The number of aryl methyl sites for hydroxylation is 2. The third kappa shape index (κ3) is 3.05. The molecule has 0 spiro atoms.